The maximum absolute atomic E-state index is 12.3. The SMILES string of the molecule is Cc1ccc(C2CN(C(=O)OCC3CCNCC3)CCN2)cc1. The van der Waals surface area contributed by atoms with E-state index in [-0.39, 0.29) is 12.1 Å². The summed E-state index contributed by atoms with van der Waals surface area (Å²) in [6.07, 6.45) is 2.03. The van der Waals surface area contributed by atoms with Crippen LogP contribution in [0, 0.1) is 12.8 Å². The lowest BCUT2D eigenvalue weighted by atomic mass is 9.99. The molecule has 2 N–H and O–H groups in total. The Balaban J connectivity index is 1.51. The number of piperidine rings is 1. The zero-order valence-corrected chi connectivity index (χ0v) is 13.9. The Morgan fingerprint density at radius 2 is 1.96 bits per heavy atom. The number of carbonyl (C=O) groups is 1. The average molecular weight is 317 g/mol. The number of ether oxygens (including phenoxy) is 1. The van der Waals surface area contributed by atoms with Gasteiger partial charge in [-0.3, -0.25) is 0 Å². The van der Waals surface area contributed by atoms with E-state index in [4.69, 9.17) is 4.74 Å². The van der Waals surface area contributed by atoms with Crippen LogP contribution in [0.25, 0.3) is 0 Å². The molecule has 1 amide bonds. The van der Waals surface area contributed by atoms with Crippen molar-refractivity contribution >= 4 is 6.09 Å². The third kappa shape index (κ3) is 4.45. The van der Waals surface area contributed by atoms with E-state index < -0.39 is 0 Å². The Morgan fingerprint density at radius 3 is 2.70 bits per heavy atom. The summed E-state index contributed by atoms with van der Waals surface area (Å²) < 4.78 is 5.56. The quantitative estimate of drug-likeness (QED) is 0.896. The molecule has 5 heteroatoms. The van der Waals surface area contributed by atoms with Gasteiger partial charge in [0.2, 0.25) is 0 Å². The van der Waals surface area contributed by atoms with Crippen LogP contribution >= 0.6 is 0 Å². The lowest BCUT2D eigenvalue weighted by Gasteiger charge is -2.34. The van der Waals surface area contributed by atoms with Gasteiger partial charge in [0.25, 0.3) is 0 Å². The Hall–Kier alpha value is -1.59. The summed E-state index contributed by atoms with van der Waals surface area (Å²) in [5.41, 5.74) is 2.48. The summed E-state index contributed by atoms with van der Waals surface area (Å²) in [4.78, 5) is 14.2. The normalized spacial score (nSPS) is 22.8. The Bertz CT molecular complexity index is 512. The predicted molar refractivity (Wildman–Crippen MR) is 90.4 cm³/mol. The highest BCUT2D eigenvalue weighted by Crippen LogP contribution is 2.19. The Morgan fingerprint density at radius 1 is 1.22 bits per heavy atom. The van der Waals surface area contributed by atoms with Gasteiger partial charge in [-0.25, -0.2) is 4.79 Å². The minimum atomic E-state index is -0.165. The fraction of sp³-hybridized carbons (Fsp3) is 0.611. The summed E-state index contributed by atoms with van der Waals surface area (Å²) in [5, 5.41) is 6.82. The zero-order chi connectivity index (χ0) is 16.1. The van der Waals surface area contributed by atoms with Crippen molar-refractivity contribution in [3.05, 3.63) is 35.4 Å². The molecule has 126 valence electrons. The molecule has 1 aromatic carbocycles. The minimum absolute atomic E-state index is 0.165. The van der Waals surface area contributed by atoms with Gasteiger partial charge in [-0.15, -0.1) is 0 Å². The van der Waals surface area contributed by atoms with E-state index in [1.165, 1.54) is 11.1 Å². The van der Waals surface area contributed by atoms with Crippen LogP contribution < -0.4 is 10.6 Å². The van der Waals surface area contributed by atoms with Gasteiger partial charge in [-0.1, -0.05) is 29.8 Å². The van der Waals surface area contributed by atoms with Crippen LogP contribution in [0.5, 0.6) is 0 Å². The summed E-state index contributed by atoms with van der Waals surface area (Å²) >= 11 is 0. The van der Waals surface area contributed by atoms with Crippen LogP contribution in [-0.2, 0) is 4.74 Å². The molecule has 0 aromatic heterocycles. The molecule has 1 aromatic rings. The molecule has 2 heterocycles. The van der Waals surface area contributed by atoms with Crippen molar-refractivity contribution in [3.63, 3.8) is 0 Å². The molecule has 2 fully saturated rings. The highest BCUT2D eigenvalue weighted by molar-refractivity contribution is 5.67. The van der Waals surface area contributed by atoms with E-state index in [0.717, 1.165) is 32.5 Å². The van der Waals surface area contributed by atoms with Crippen LogP contribution in [0.2, 0.25) is 0 Å². The van der Waals surface area contributed by atoms with E-state index in [9.17, 15) is 4.79 Å². The van der Waals surface area contributed by atoms with Gasteiger partial charge in [0, 0.05) is 19.6 Å². The molecular weight excluding hydrogens is 290 g/mol. The molecule has 2 aliphatic heterocycles. The summed E-state index contributed by atoms with van der Waals surface area (Å²) in [7, 11) is 0. The van der Waals surface area contributed by atoms with Gasteiger partial charge in [0.15, 0.2) is 0 Å². The first-order valence-electron chi connectivity index (χ1n) is 8.65. The molecule has 5 nitrogen and oxygen atoms in total. The number of amides is 1. The van der Waals surface area contributed by atoms with Crippen molar-refractivity contribution in [2.45, 2.75) is 25.8 Å². The molecular formula is C18H27N3O2. The van der Waals surface area contributed by atoms with Gasteiger partial charge in [-0.2, -0.15) is 0 Å². The molecule has 0 aliphatic carbocycles. The number of aryl methyl sites for hydroxylation is 1. The summed E-state index contributed by atoms with van der Waals surface area (Å²) in [6.45, 7) is 6.90. The van der Waals surface area contributed by atoms with Gasteiger partial charge in [0.05, 0.1) is 12.6 Å². The fourth-order valence-electron chi connectivity index (χ4n) is 3.27. The Labute approximate surface area is 138 Å². The summed E-state index contributed by atoms with van der Waals surface area (Å²) in [5.74, 6) is 0.510. The van der Waals surface area contributed by atoms with Crippen LogP contribution in [0.1, 0.15) is 30.0 Å². The molecule has 3 rings (SSSR count). The van der Waals surface area contributed by atoms with Gasteiger partial charge < -0.3 is 20.3 Å². The van der Waals surface area contributed by atoms with E-state index in [0.29, 0.717) is 25.6 Å². The maximum Gasteiger partial charge on any atom is 0.409 e. The number of benzene rings is 1. The number of hydrogen-bond acceptors (Lipinski definition) is 4. The monoisotopic (exact) mass is 317 g/mol. The van der Waals surface area contributed by atoms with Crippen LogP contribution in [0.4, 0.5) is 4.79 Å². The van der Waals surface area contributed by atoms with Crippen molar-refractivity contribution in [2.24, 2.45) is 5.92 Å². The zero-order valence-electron chi connectivity index (χ0n) is 13.9. The Kier molecular flexibility index (Phi) is 5.51. The molecule has 1 atom stereocenters. The van der Waals surface area contributed by atoms with E-state index in [1.807, 2.05) is 4.90 Å². The lowest BCUT2D eigenvalue weighted by Crippen LogP contribution is -2.48. The first kappa shape index (κ1) is 16.3. The molecule has 0 bridgehead atoms. The molecule has 1 unspecified atom stereocenters. The number of rotatable bonds is 3. The van der Waals surface area contributed by atoms with Crippen molar-refractivity contribution < 1.29 is 9.53 Å². The molecule has 0 saturated carbocycles. The molecule has 2 aliphatic rings. The smallest absolute Gasteiger partial charge is 0.409 e. The second kappa shape index (κ2) is 7.79. The molecule has 0 spiro atoms. The van der Waals surface area contributed by atoms with Crippen LogP contribution in [0.3, 0.4) is 0 Å². The molecule has 0 radical (unpaired) electrons. The number of piperazine rings is 1. The van der Waals surface area contributed by atoms with Gasteiger partial charge in [-0.05, 0) is 44.3 Å². The second-order valence-electron chi connectivity index (χ2n) is 6.63. The highest BCUT2D eigenvalue weighted by atomic mass is 16.6. The molecule has 2 saturated heterocycles. The van der Waals surface area contributed by atoms with Gasteiger partial charge in [0.1, 0.15) is 0 Å². The van der Waals surface area contributed by atoms with Crippen molar-refractivity contribution in [3.8, 4) is 0 Å². The van der Waals surface area contributed by atoms with E-state index in [1.54, 1.807) is 0 Å². The highest BCUT2D eigenvalue weighted by Gasteiger charge is 2.26. The second-order valence-corrected chi connectivity index (χ2v) is 6.63. The number of nitrogens with one attached hydrogen (secondary N) is 2. The number of nitrogens with zero attached hydrogens (tertiary/aromatic N) is 1. The van der Waals surface area contributed by atoms with Crippen LogP contribution in [-0.4, -0.2) is 50.3 Å². The van der Waals surface area contributed by atoms with Crippen LogP contribution in [0.15, 0.2) is 24.3 Å². The van der Waals surface area contributed by atoms with E-state index >= 15 is 0 Å². The van der Waals surface area contributed by atoms with Crippen molar-refractivity contribution in [1.82, 2.24) is 15.5 Å². The fourth-order valence-corrected chi connectivity index (χ4v) is 3.27. The summed E-state index contributed by atoms with van der Waals surface area (Å²) in [6, 6.07) is 8.70. The predicted octanol–water partition coefficient (Wildman–Crippen LogP) is 2.08. The number of carbonyl (C=O) groups excluding carboxylic acids is 1. The minimum Gasteiger partial charge on any atom is -0.449 e. The third-order valence-electron chi connectivity index (χ3n) is 4.81. The van der Waals surface area contributed by atoms with Gasteiger partial charge >= 0.3 is 6.09 Å². The maximum atomic E-state index is 12.3. The lowest BCUT2D eigenvalue weighted by molar-refractivity contribution is 0.0725. The largest absolute Gasteiger partial charge is 0.449 e. The first-order valence-corrected chi connectivity index (χ1v) is 8.65. The number of hydrogen-bond donors (Lipinski definition) is 2. The van der Waals surface area contributed by atoms with E-state index in [2.05, 4.69) is 41.8 Å². The average Bonchev–Trinajstić information content (AvgIpc) is 2.61. The standard InChI is InChI=1S/C18H27N3O2/c1-14-2-4-16(5-3-14)17-12-21(11-10-20-17)18(22)23-13-15-6-8-19-9-7-15/h2-5,15,17,19-20H,6-13H2,1H3. The molecule has 23 heavy (non-hydrogen) atoms. The van der Waals surface area contributed by atoms with Crippen molar-refractivity contribution in [1.29, 1.82) is 0 Å². The van der Waals surface area contributed by atoms with Crippen molar-refractivity contribution in [2.75, 3.05) is 39.3 Å². The topological polar surface area (TPSA) is 53.6 Å². The third-order valence-corrected chi connectivity index (χ3v) is 4.81. The first-order chi connectivity index (χ1) is 11.2.